The molecule has 3 aromatic rings. The molecule has 2 fully saturated rings. The smallest absolute Gasteiger partial charge is 0.166 e. The van der Waals surface area contributed by atoms with Gasteiger partial charge in [-0.1, -0.05) is 38.1 Å². The zero-order valence-corrected chi connectivity index (χ0v) is 23.3. The molecule has 2 N–H and O–H groups in total. The first-order valence-corrected chi connectivity index (χ1v) is 14.7. The summed E-state index contributed by atoms with van der Waals surface area (Å²) < 4.78 is 16.9. The van der Waals surface area contributed by atoms with Crippen molar-refractivity contribution in [2.45, 2.75) is 88.5 Å². The number of nitrogens with one attached hydrogen (secondary N) is 1. The molecule has 38 heavy (non-hydrogen) atoms. The Labute approximate surface area is 231 Å². The van der Waals surface area contributed by atoms with Crippen molar-refractivity contribution in [2.24, 2.45) is 5.92 Å². The number of fused-ring (bicyclic) bond motifs is 4. The van der Waals surface area contributed by atoms with Crippen molar-refractivity contribution in [3.8, 4) is 11.5 Å². The minimum atomic E-state index is -0.323. The highest BCUT2D eigenvalue weighted by Crippen LogP contribution is 2.69. The van der Waals surface area contributed by atoms with Crippen molar-refractivity contribution in [3.05, 3.63) is 58.8 Å². The lowest BCUT2D eigenvalue weighted by molar-refractivity contribution is -0.944. The minimum absolute atomic E-state index is 0. The third kappa shape index (κ3) is 2.96. The van der Waals surface area contributed by atoms with E-state index in [-0.39, 0.29) is 35.3 Å². The highest BCUT2D eigenvalue weighted by Gasteiger charge is 2.76. The summed E-state index contributed by atoms with van der Waals surface area (Å²) in [5.74, 6) is 1.90. The second-order valence-corrected chi connectivity index (χ2v) is 12.4. The molecular weight excluding hydrogens is 496 g/mol. The largest absolute Gasteiger partial charge is 1.00 e. The van der Waals surface area contributed by atoms with Gasteiger partial charge < -0.3 is 36.5 Å². The van der Waals surface area contributed by atoms with Gasteiger partial charge in [-0.25, -0.2) is 0 Å². The van der Waals surface area contributed by atoms with Gasteiger partial charge in [0.15, 0.2) is 17.6 Å². The average Bonchev–Trinajstić information content (AvgIpc) is 3.59. The molecule has 1 saturated heterocycles. The van der Waals surface area contributed by atoms with E-state index in [0.29, 0.717) is 6.04 Å². The number of para-hydroxylation sites is 1. The summed E-state index contributed by atoms with van der Waals surface area (Å²) in [6.45, 7) is 8.68. The fourth-order valence-electron chi connectivity index (χ4n) is 9.02. The summed E-state index contributed by atoms with van der Waals surface area (Å²) in [4.78, 5) is 1.75. The first kappa shape index (κ1) is 24.8. The van der Waals surface area contributed by atoms with Crippen molar-refractivity contribution in [3.63, 3.8) is 0 Å². The maximum atomic E-state index is 11.1. The van der Waals surface area contributed by atoms with E-state index in [4.69, 9.17) is 9.47 Å². The quantitative estimate of drug-likeness (QED) is 0.483. The summed E-state index contributed by atoms with van der Waals surface area (Å²) in [5, 5.41) is 12.5. The van der Waals surface area contributed by atoms with Gasteiger partial charge >= 0.3 is 0 Å². The Bertz CT molecular complexity index is 1410. The van der Waals surface area contributed by atoms with Crippen molar-refractivity contribution >= 4 is 10.9 Å². The van der Waals surface area contributed by atoms with Gasteiger partial charge in [0.05, 0.1) is 24.2 Å². The summed E-state index contributed by atoms with van der Waals surface area (Å²) in [6.07, 6.45) is 7.74. The number of aryl methyl sites for hydroxylation is 1. The molecule has 2 bridgehead atoms. The Hall–Kier alpha value is -2.21. The number of aromatic hydroxyl groups is 1. The standard InChI is InChI=1S/C32H38N2O3.ClH/c1-3-14-34-24-8-6-5-7-22(24)23-18-32(36-16-4-2)26-17-21-11-12-25(35)29-27(21)31(32,30(37-29)28(23)34)13-15-33(26)19-20-9-10-20;/h5-8,11-12,20,26,30,35H,3-4,9-10,13-19H2,1-2H3;1H/t26-,30+,31+,32-;/m1./s1. The van der Waals surface area contributed by atoms with E-state index in [1.807, 2.05) is 6.07 Å². The lowest BCUT2D eigenvalue weighted by Gasteiger charge is -2.62. The molecule has 2 aromatic carbocycles. The van der Waals surface area contributed by atoms with Gasteiger partial charge in [0.2, 0.25) is 0 Å². The Morgan fingerprint density at radius 2 is 1.97 bits per heavy atom. The number of phenolic OH excluding ortho intramolecular Hbond substituents is 1. The maximum absolute atomic E-state index is 11.1. The van der Waals surface area contributed by atoms with E-state index in [0.717, 1.165) is 63.5 Å². The van der Waals surface area contributed by atoms with Crippen LogP contribution in [0.4, 0.5) is 0 Å². The summed E-state index contributed by atoms with van der Waals surface area (Å²) in [5.41, 5.74) is 6.15. The van der Waals surface area contributed by atoms with Crippen LogP contribution < -0.4 is 22.0 Å². The molecular formula is C32H39ClN2O3. The monoisotopic (exact) mass is 534 g/mol. The Kier molecular flexibility index (Phi) is 5.64. The number of phenols is 1. The summed E-state index contributed by atoms with van der Waals surface area (Å²) in [6, 6.07) is 13.4. The van der Waals surface area contributed by atoms with Crippen LogP contribution in [0.5, 0.6) is 11.5 Å². The fourth-order valence-corrected chi connectivity index (χ4v) is 9.02. The zero-order chi connectivity index (χ0) is 24.9. The van der Waals surface area contributed by atoms with Gasteiger partial charge in [-0.15, -0.1) is 0 Å². The van der Waals surface area contributed by atoms with Crippen LogP contribution in [0.15, 0.2) is 36.4 Å². The summed E-state index contributed by atoms with van der Waals surface area (Å²) in [7, 11) is 0. The molecule has 6 heteroatoms. The Balaban J connectivity index is 0.00000242. The van der Waals surface area contributed by atoms with Crippen molar-refractivity contribution < 1.29 is 31.9 Å². The van der Waals surface area contributed by atoms with Gasteiger partial charge in [0.25, 0.3) is 0 Å². The zero-order valence-electron chi connectivity index (χ0n) is 22.6. The molecule has 5 atom stereocenters. The highest BCUT2D eigenvalue weighted by atomic mass is 35.5. The number of piperidine rings is 1. The molecule has 8 rings (SSSR count). The molecule has 1 saturated carbocycles. The number of rotatable bonds is 7. The molecule has 1 unspecified atom stereocenters. The number of benzene rings is 2. The number of hydrogen-bond acceptors (Lipinski definition) is 3. The first-order chi connectivity index (χ1) is 18.1. The molecule has 3 aliphatic carbocycles. The fraction of sp³-hybridized carbons (Fsp3) is 0.562. The van der Waals surface area contributed by atoms with Crippen LogP contribution >= 0.6 is 0 Å². The second kappa shape index (κ2) is 8.64. The van der Waals surface area contributed by atoms with Gasteiger partial charge in [0.1, 0.15) is 11.6 Å². The van der Waals surface area contributed by atoms with E-state index in [9.17, 15) is 5.11 Å². The van der Waals surface area contributed by atoms with Crippen LogP contribution in [0.25, 0.3) is 10.9 Å². The number of likely N-dealkylation sites (tertiary alicyclic amines) is 1. The van der Waals surface area contributed by atoms with Gasteiger partial charge in [-0.3, -0.25) is 0 Å². The third-order valence-corrected chi connectivity index (χ3v) is 10.5. The predicted octanol–water partition coefficient (Wildman–Crippen LogP) is 1.48. The normalized spacial score (nSPS) is 31.9. The molecule has 0 radical (unpaired) electrons. The third-order valence-electron chi connectivity index (χ3n) is 10.5. The molecule has 1 spiro atoms. The van der Waals surface area contributed by atoms with Crippen LogP contribution in [0.2, 0.25) is 0 Å². The Morgan fingerprint density at radius 1 is 1.13 bits per heavy atom. The number of aromatic nitrogens is 1. The van der Waals surface area contributed by atoms with Gasteiger partial charge in [-0.2, -0.15) is 0 Å². The number of nitrogens with zero attached hydrogens (tertiary/aromatic N) is 1. The molecule has 1 aromatic heterocycles. The topological polar surface area (TPSA) is 48.1 Å². The number of hydrogen-bond donors (Lipinski definition) is 2. The van der Waals surface area contributed by atoms with Crippen LogP contribution in [-0.2, 0) is 29.5 Å². The highest BCUT2D eigenvalue weighted by molar-refractivity contribution is 5.87. The molecule has 0 amide bonds. The van der Waals surface area contributed by atoms with E-state index in [2.05, 4.69) is 48.7 Å². The van der Waals surface area contributed by atoms with Crippen molar-refractivity contribution in [1.29, 1.82) is 0 Å². The molecule has 5 aliphatic rings. The maximum Gasteiger partial charge on any atom is 0.166 e. The lowest BCUT2D eigenvalue weighted by atomic mass is 9.48. The Morgan fingerprint density at radius 3 is 2.76 bits per heavy atom. The minimum Gasteiger partial charge on any atom is -1.00 e. The molecule has 2 aliphatic heterocycles. The van der Waals surface area contributed by atoms with Crippen LogP contribution in [-0.4, -0.2) is 41.0 Å². The van der Waals surface area contributed by atoms with Crippen LogP contribution in [0.1, 0.15) is 74.4 Å². The lowest BCUT2D eigenvalue weighted by Crippen LogP contribution is -3.21. The molecule has 202 valence electrons. The SMILES string of the molecule is CCCO[C@@]12Cc3c(n(CCC)c4ccccc34)[C@@H]3Oc4c(O)ccc5c4[C@@]31CC[NH+](CC1CC1)[C@@H]2C5.[Cl-]. The molecule has 3 heterocycles. The number of quaternary nitrogens is 1. The van der Waals surface area contributed by atoms with E-state index in [1.165, 1.54) is 52.7 Å². The summed E-state index contributed by atoms with van der Waals surface area (Å²) >= 11 is 0. The van der Waals surface area contributed by atoms with Gasteiger partial charge in [0, 0.05) is 54.8 Å². The first-order valence-electron chi connectivity index (χ1n) is 14.7. The van der Waals surface area contributed by atoms with E-state index in [1.54, 1.807) is 4.90 Å². The van der Waals surface area contributed by atoms with Crippen LogP contribution in [0, 0.1) is 5.92 Å². The number of halogens is 1. The van der Waals surface area contributed by atoms with Crippen molar-refractivity contribution in [2.75, 3.05) is 19.7 Å². The van der Waals surface area contributed by atoms with E-state index < -0.39 is 0 Å². The van der Waals surface area contributed by atoms with Crippen LogP contribution in [0.3, 0.4) is 0 Å². The molecule has 5 nitrogen and oxygen atoms in total. The van der Waals surface area contributed by atoms with Crippen molar-refractivity contribution in [1.82, 2.24) is 4.57 Å². The van der Waals surface area contributed by atoms with Gasteiger partial charge in [-0.05, 0) is 48.9 Å². The predicted molar refractivity (Wildman–Crippen MR) is 144 cm³/mol. The average molecular weight is 535 g/mol. The van der Waals surface area contributed by atoms with E-state index >= 15 is 0 Å². The second-order valence-electron chi connectivity index (χ2n) is 12.4. The number of ether oxygens (including phenoxy) is 2.